The lowest BCUT2D eigenvalue weighted by atomic mass is 10.1. The van der Waals surface area contributed by atoms with Gasteiger partial charge in [-0.25, -0.2) is 0 Å². The molecule has 0 atom stereocenters. The lowest BCUT2D eigenvalue weighted by molar-refractivity contribution is 0.0532. The first-order chi connectivity index (χ1) is 12.1. The molecule has 0 aromatic heterocycles. The van der Waals surface area contributed by atoms with Crippen molar-refractivity contribution in [3.05, 3.63) is 59.7 Å². The van der Waals surface area contributed by atoms with E-state index in [1.807, 2.05) is 24.3 Å². The number of nitrogens with zero attached hydrogens (tertiary/aromatic N) is 2. The Morgan fingerprint density at radius 1 is 0.840 bits per heavy atom. The number of carbonyl (C=O) groups excluding carboxylic acids is 2. The zero-order chi connectivity index (χ0) is 17.8. The highest BCUT2D eigenvalue weighted by Crippen LogP contribution is 2.21. The first-order valence-electron chi connectivity index (χ1n) is 8.11. The molecule has 0 bridgehead atoms. The first kappa shape index (κ1) is 17.4. The Kier molecular flexibility index (Phi) is 5.28. The van der Waals surface area contributed by atoms with Gasteiger partial charge < -0.3 is 14.5 Å². The molecule has 0 saturated carbocycles. The summed E-state index contributed by atoms with van der Waals surface area (Å²) < 4.78 is 5.27. The van der Waals surface area contributed by atoms with Gasteiger partial charge in [0, 0.05) is 31.1 Å². The fraction of sp³-hybridized carbons (Fsp3) is 0.263. The summed E-state index contributed by atoms with van der Waals surface area (Å²) in [6.07, 6.45) is 0. The second kappa shape index (κ2) is 7.61. The van der Waals surface area contributed by atoms with Crippen molar-refractivity contribution in [3.63, 3.8) is 0 Å². The predicted octanol–water partition coefficient (Wildman–Crippen LogP) is 2.58. The van der Waals surface area contributed by atoms with Crippen molar-refractivity contribution >= 4 is 24.4 Å². The van der Waals surface area contributed by atoms with Crippen LogP contribution in [0.5, 0.6) is 5.75 Å². The molecule has 0 radical (unpaired) electrons. The Morgan fingerprint density at radius 3 is 1.88 bits per heavy atom. The van der Waals surface area contributed by atoms with Gasteiger partial charge in [-0.3, -0.25) is 9.59 Å². The van der Waals surface area contributed by atoms with E-state index in [1.165, 1.54) is 0 Å². The molecular formula is C19H20N2O3S. The van der Waals surface area contributed by atoms with E-state index in [2.05, 4.69) is 12.6 Å². The van der Waals surface area contributed by atoms with Gasteiger partial charge in [0.2, 0.25) is 0 Å². The normalized spacial score (nSPS) is 14.3. The maximum absolute atomic E-state index is 12.7. The Bertz CT molecular complexity index is 786. The minimum atomic E-state index is -0.0702. The minimum absolute atomic E-state index is 0.0463. The molecule has 2 aromatic carbocycles. The summed E-state index contributed by atoms with van der Waals surface area (Å²) in [5, 5.41) is 0. The first-order valence-corrected chi connectivity index (χ1v) is 8.56. The van der Waals surface area contributed by atoms with E-state index < -0.39 is 0 Å². The SMILES string of the molecule is COc1ccccc1C(=O)N1CCN(C(=O)c2ccccc2S)CC1. The molecule has 1 aliphatic rings. The number of thiol groups is 1. The second-order valence-electron chi connectivity index (χ2n) is 5.80. The summed E-state index contributed by atoms with van der Waals surface area (Å²) in [5.41, 5.74) is 1.14. The van der Waals surface area contributed by atoms with E-state index >= 15 is 0 Å². The van der Waals surface area contributed by atoms with Crippen LogP contribution in [-0.2, 0) is 0 Å². The van der Waals surface area contributed by atoms with Crippen LogP contribution in [0.4, 0.5) is 0 Å². The zero-order valence-electron chi connectivity index (χ0n) is 14.0. The third-order valence-electron chi connectivity index (χ3n) is 4.33. The lowest BCUT2D eigenvalue weighted by Crippen LogP contribution is -2.50. The number of hydrogen-bond donors (Lipinski definition) is 1. The van der Waals surface area contributed by atoms with Crippen molar-refractivity contribution in [3.8, 4) is 5.75 Å². The lowest BCUT2D eigenvalue weighted by Gasteiger charge is -2.35. The van der Waals surface area contributed by atoms with Crippen LogP contribution in [-0.4, -0.2) is 54.9 Å². The van der Waals surface area contributed by atoms with Gasteiger partial charge in [-0.05, 0) is 24.3 Å². The molecule has 1 heterocycles. The van der Waals surface area contributed by atoms with Gasteiger partial charge in [-0.1, -0.05) is 24.3 Å². The molecule has 2 aromatic rings. The molecule has 0 spiro atoms. The summed E-state index contributed by atoms with van der Waals surface area (Å²) >= 11 is 4.35. The van der Waals surface area contributed by atoms with E-state index in [9.17, 15) is 9.59 Å². The number of rotatable bonds is 3. The van der Waals surface area contributed by atoms with Crippen molar-refractivity contribution in [2.24, 2.45) is 0 Å². The summed E-state index contributed by atoms with van der Waals surface area (Å²) in [5.74, 6) is 0.448. The van der Waals surface area contributed by atoms with E-state index in [0.717, 1.165) is 0 Å². The number of ether oxygens (including phenoxy) is 1. The topological polar surface area (TPSA) is 49.9 Å². The number of para-hydroxylation sites is 1. The number of carbonyl (C=O) groups is 2. The van der Waals surface area contributed by atoms with Crippen molar-refractivity contribution in [2.45, 2.75) is 4.90 Å². The smallest absolute Gasteiger partial charge is 0.257 e. The molecule has 2 amide bonds. The second-order valence-corrected chi connectivity index (χ2v) is 6.28. The Hall–Kier alpha value is -2.47. The largest absolute Gasteiger partial charge is 0.496 e. The van der Waals surface area contributed by atoms with Crippen molar-refractivity contribution in [2.75, 3.05) is 33.3 Å². The number of methoxy groups -OCH3 is 1. The van der Waals surface area contributed by atoms with Gasteiger partial charge in [-0.15, -0.1) is 12.6 Å². The zero-order valence-corrected chi connectivity index (χ0v) is 14.9. The number of piperazine rings is 1. The van der Waals surface area contributed by atoms with Crippen LogP contribution in [0, 0.1) is 0 Å². The molecule has 6 heteroatoms. The van der Waals surface area contributed by atoms with Gasteiger partial charge in [0.25, 0.3) is 11.8 Å². The predicted molar refractivity (Wildman–Crippen MR) is 98.5 cm³/mol. The van der Waals surface area contributed by atoms with Crippen molar-refractivity contribution in [1.29, 1.82) is 0 Å². The highest BCUT2D eigenvalue weighted by Gasteiger charge is 2.27. The Morgan fingerprint density at radius 2 is 1.32 bits per heavy atom. The van der Waals surface area contributed by atoms with Crippen LogP contribution in [0.1, 0.15) is 20.7 Å². The monoisotopic (exact) mass is 356 g/mol. The Balaban J connectivity index is 1.67. The van der Waals surface area contributed by atoms with E-state index in [4.69, 9.17) is 4.74 Å². The van der Waals surface area contributed by atoms with Gasteiger partial charge in [0.1, 0.15) is 5.75 Å². The number of amides is 2. The highest BCUT2D eigenvalue weighted by atomic mass is 32.1. The maximum atomic E-state index is 12.7. The fourth-order valence-electron chi connectivity index (χ4n) is 2.93. The van der Waals surface area contributed by atoms with Crippen LogP contribution >= 0.6 is 12.6 Å². The van der Waals surface area contributed by atoms with E-state index in [-0.39, 0.29) is 11.8 Å². The van der Waals surface area contributed by atoms with Gasteiger partial charge in [0.05, 0.1) is 18.2 Å². The summed E-state index contributed by atoms with van der Waals surface area (Å²) in [4.78, 5) is 29.5. The minimum Gasteiger partial charge on any atom is -0.496 e. The van der Waals surface area contributed by atoms with Crippen LogP contribution in [0.15, 0.2) is 53.4 Å². The van der Waals surface area contributed by atoms with Crippen molar-refractivity contribution < 1.29 is 14.3 Å². The van der Waals surface area contributed by atoms with Crippen LogP contribution < -0.4 is 4.74 Å². The van der Waals surface area contributed by atoms with Crippen LogP contribution in [0.2, 0.25) is 0 Å². The van der Waals surface area contributed by atoms with Crippen molar-refractivity contribution in [1.82, 2.24) is 9.80 Å². The molecule has 0 unspecified atom stereocenters. The third-order valence-corrected chi connectivity index (χ3v) is 4.72. The Labute approximate surface area is 152 Å². The summed E-state index contributed by atoms with van der Waals surface area (Å²) in [6.45, 7) is 2.00. The molecule has 0 aliphatic carbocycles. The molecular weight excluding hydrogens is 336 g/mol. The van der Waals surface area contributed by atoms with E-state index in [0.29, 0.717) is 48.0 Å². The van der Waals surface area contributed by atoms with Crippen LogP contribution in [0.3, 0.4) is 0 Å². The summed E-state index contributed by atoms with van der Waals surface area (Å²) in [6, 6.07) is 14.4. The average molecular weight is 356 g/mol. The third kappa shape index (κ3) is 3.64. The molecule has 1 fully saturated rings. The molecule has 3 rings (SSSR count). The molecule has 1 saturated heterocycles. The number of benzene rings is 2. The molecule has 1 aliphatic heterocycles. The average Bonchev–Trinajstić information content (AvgIpc) is 2.67. The molecule has 130 valence electrons. The van der Waals surface area contributed by atoms with Crippen LogP contribution in [0.25, 0.3) is 0 Å². The molecule has 5 nitrogen and oxygen atoms in total. The molecule has 0 N–H and O–H groups in total. The van der Waals surface area contributed by atoms with E-state index in [1.54, 1.807) is 41.2 Å². The fourth-order valence-corrected chi connectivity index (χ4v) is 3.19. The highest BCUT2D eigenvalue weighted by molar-refractivity contribution is 7.80. The standard InChI is InChI=1S/C19H20N2O3S/c1-24-16-8-4-2-6-14(16)18(22)20-10-12-21(13-11-20)19(23)15-7-3-5-9-17(15)25/h2-9,25H,10-13H2,1H3. The number of hydrogen-bond acceptors (Lipinski definition) is 4. The maximum Gasteiger partial charge on any atom is 0.257 e. The van der Waals surface area contributed by atoms with Gasteiger partial charge >= 0.3 is 0 Å². The van der Waals surface area contributed by atoms with Gasteiger partial charge in [0.15, 0.2) is 0 Å². The quantitative estimate of drug-likeness (QED) is 0.860. The van der Waals surface area contributed by atoms with Gasteiger partial charge in [-0.2, -0.15) is 0 Å². The molecule has 25 heavy (non-hydrogen) atoms. The summed E-state index contributed by atoms with van der Waals surface area (Å²) in [7, 11) is 1.55.